The molecule has 2 rings (SSSR count). The van der Waals surface area contributed by atoms with E-state index in [4.69, 9.17) is 0 Å². The summed E-state index contributed by atoms with van der Waals surface area (Å²) in [6.45, 7) is 2.15. The fourth-order valence-corrected chi connectivity index (χ4v) is 3.40. The van der Waals surface area contributed by atoms with Gasteiger partial charge < -0.3 is 5.32 Å². The van der Waals surface area contributed by atoms with Gasteiger partial charge in [0.2, 0.25) is 15.9 Å². The minimum Gasteiger partial charge on any atom is -0.355 e. The molecule has 0 radical (unpaired) electrons. The lowest BCUT2D eigenvalue weighted by atomic mass is 10.1. The smallest absolute Gasteiger partial charge is 0.241 e. The van der Waals surface area contributed by atoms with Crippen molar-refractivity contribution in [1.82, 2.24) is 10.0 Å². The maximum Gasteiger partial charge on any atom is 0.241 e. The van der Waals surface area contributed by atoms with Crippen molar-refractivity contribution in [3.05, 3.63) is 66.0 Å². The quantitative estimate of drug-likeness (QED) is 0.800. The summed E-state index contributed by atoms with van der Waals surface area (Å²) < 4.78 is 40.3. The normalized spacial score (nSPS) is 12.6. The van der Waals surface area contributed by atoms with Gasteiger partial charge in [0.15, 0.2) is 0 Å². The van der Waals surface area contributed by atoms with Crippen molar-refractivity contribution >= 4 is 15.9 Å². The number of carbonyl (C=O) groups excluding carboxylic acids is 1. The maximum atomic E-state index is 13.0. The standard InChI is InChI=1S/C17H19FN2O3S/c1-2-19-17(21)16(12-13-6-4-3-5-7-13)20-24(22,23)15-10-8-14(18)9-11-15/h3-11,16,20H,2,12H2,1H3,(H,19,21)/t16-/m0/s1. The van der Waals surface area contributed by atoms with Crippen LogP contribution in [-0.4, -0.2) is 26.9 Å². The molecule has 0 spiro atoms. The highest BCUT2D eigenvalue weighted by Crippen LogP contribution is 2.12. The van der Waals surface area contributed by atoms with Gasteiger partial charge in [-0.1, -0.05) is 30.3 Å². The predicted molar refractivity (Wildman–Crippen MR) is 89.3 cm³/mol. The van der Waals surface area contributed by atoms with Crippen LogP contribution in [0.1, 0.15) is 12.5 Å². The monoisotopic (exact) mass is 350 g/mol. The van der Waals surface area contributed by atoms with E-state index in [2.05, 4.69) is 10.0 Å². The number of nitrogens with one attached hydrogen (secondary N) is 2. The van der Waals surface area contributed by atoms with Gasteiger partial charge >= 0.3 is 0 Å². The summed E-state index contributed by atoms with van der Waals surface area (Å²) in [5.41, 5.74) is 0.829. The second-order valence-corrected chi connectivity index (χ2v) is 6.93. The Labute approximate surface area is 141 Å². The number of carbonyl (C=O) groups is 1. The molecule has 0 aliphatic heterocycles. The molecule has 0 fully saturated rings. The van der Waals surface area contributed by atoms with Gasteiger partial charge in [0.05, 0.1) is 4.90 Å². The summed E-state index contributed by atoms with van der Waals surface area (Å²) in [6, 6.07) is 12.6. The number of likely N-dealkylation sites (N-methyl/N-ethyl adjacent to an activating group) is 1. The van der Waals surface area contributed by atoms with Crippen LogP contribution >= 0.6 is 0 Å². The van der Waals surface area contributed by atoms with Crippen LogP contribution in [0.3, 0.4) is 0 Å². The first-order valence-electron chi connectivity index (χ1n) is 7.52. The average molecular weight is 350 g/mol. The van der Waals surface area contributed by atoms with Gasteiger partial charge in [-0.15, -0.1) is 0 Å². The van der Waals surface area contributed by atoms with Crippen LogP contribution in [0.5, 0.6) is 0 Å². The first-order chi connectivity index (χ1) is 11.4. The molecule has 5 nitrogen and oxygen atoms in total. The van der Waals surface area contributed by atoms with Crippen LogP contribution in [0.2, 0.25) is 0 Å². The molecule has 0 heterocycles. The van der Waals surface area contributed by atoms with E-state index in [-0.39, 0.29) is 11.3 Å². The zero-order valence-corrected chi connectivity index (χ0v) is 14.0. The Morgan fingerprint density at radius 1 is 1.08 bits per heavy atom. The van der Waals surface area contributed by atoms with Crippen LogP contribution in [0.25, 0.3) is 0 Å². The number of hydrogen-bond acceptors (Lipinski definition) is 3. The van der Waals surface area contributed by atoms with Gasteiger partial charge in [-0.3, -0.25) is 4.79 Å². The van der Waals surface area contributed by atoms with Gasteiger partial charge in [-0.05, 0) is 43.2 Å². The molecule has 7 heteroatoms. The van der Waals surface area contributed by atoms with Crippen LogP contribution in [0.4, 0.5) is 4.39 Å². The Hall–Kier alpha value is -2.25. The van der Waals surface area contributed by atoms with Crippen molar-refractivity contribution in [3.8, 4) is 0 Å². The first-order valence-corrected chi connectivity index (χ1v) is 9.00. The summed E-state index contributed by atoms with van der Waals surface area (Å²) in [6.07, 6.45) is 0.215. The van der Waals surface area contributed by atoms with E-state index in [1.54, 1.807) is 6.92 Å². The third kappa shape index (κ3) is 4.87. The highest BCUT2D eigenvalue weighted by atomic mass is 32.2. The van der Waals surface area contributed by atoms with Gasteiger partial charge in [0.25, 0.3) is 0 Å². The SMILES string of the molecule is CCNC(=O)[C@H](Cc1ccccc1)NS(=O)(=O)c1ccc(F)cc1. The Balaban J connectivity index is 2.23. The predicted octanol–water partition coefficient (Wildman–Crippen LogP) is 1.85. The Morgan fingerprint density at radius 3 is 2.29 bits per heavy atom. The molecule has 0 bridgehead atoms. The second kappa shape index (κ2) is 8.03. The molecule has 0 unspecified atom stereocenters. The molecule has 1 amide bonds. The Kier molecular flexibility index (Phi) is 6.05. The second-order valence-electron chi connectivity index (χ2n) is 5.21. The minimum absolute atomic E-state index is 0.0914. The van der Waals surface area contributed by atoms with E-state index < -0.39 is 27.8 Å². The van der Waals surface area contributed by atoms with E-state index in [9.17, 15) is 17.6 Å². The van der Waals surface area contributed by atoms with Crippen LogP contribution in [-0.2, 0) is 21.2 Å². The van der Waals surface area contributed by atoms with Gasteiger partial charge in [0.1, 0.15) is 11.9 Å². The highest BCUT2D eigenvalue weighted by Gasteiger charge is 2.25. The Bertz CT molecular complexity index is 777. The third-order valence-electron chi connectivity index (χ3n) is 3.37. The number of sulfonamides is 1. The molecule has 0 aromatic heterocycles. The fourth-order valence-electron chi connectivity index (χ4n) is 2.20. The summed E-state index contributed by atoms with van der Waals surface area (Å²) >= 11 is 0. The Morgan fingerprint density at radius 2 is 1.71 bits per heavy atom. The van der Waals surface area contributed by atoms with Crippen LogP contribution in [0, 0.1) is 5.82 Å². The van der Waals surface area contributed by atoms with Crippen LogP contribution in [0.15, 0.2) is 59.5 Å². The van der Waals surface area contributed by atoms with Gasteiger partial charge in [-0.2, -0.15) is 4.72 Å². The van der Waals surface area contributed by atoms with E-state index in [0.717, 1.165) is 29.8 Å². The van der Waals surface area contributed by atoms with E-state index >= 15 is 0 Å². The molecule has 24 heavy (non-hydrogen) atoms. The van der Waals surface area contributed by atoms with Crippen molar-refractivity contribution in [3.63, 3.8) is 0 Å². The maximum absolute atomic E-state index is 13.0. The number of benzene rings is 2. The summed E-state index contributed by atoms with van der Waals surface area (Å²) in [5.74, 6) is -0.939. The number of rotatable bonds is 7. The molecule has 0 aliphatic rings. The van der Waals surface area contributed by atoms with Gasteiger partial charge in [0, 0.05) is 6.54 Å². The summed E-state index contributed by atoms with van der Waals surface area (Å²) in [5, 5.41) is 2.62. The van der Waals surface area contributed by atoms with Crippen molar-refractivity contribution < 1.29 is 17.6 Å². The molecule has 2 N–H and O–H groups in total. The molecular formula is C17H19FN2O3S. The highest BCUT2D eigenvalue weighted by molar-refractivity contribution is 7.89. The topological polar surface area (TPSA) is 75.3 Å². The van der Waals surface area contributed by atoms with Crippen molar-refractivity contribution in [2.24, 2.45) is 0 Å². The lowest BCUT2D eigenvalue weighted by Crippen LogP contribution is -2.47. The fraction of sp³-hybridized carbons (Fsp3) is 0.235. The van der Waals surface area contributed by atoms with E-state index in [1.807, 2.05) is 30.3 Å². The van der Waals surface area contributed by atoms with Crippen LogP contribution < -0.4 is 10.0 Å². The zero-order chi connectivity index (χ0) is 17.6. The zero-order valence-electron chi connectivity index (χ0n) is 13.2. The molecular weight excluding hydrogens is 331 g/mol. The van der Waals surface area contributed by atoms with E-state index in [0.29, 0.717) is 6.54 Å². The van der Waals surface area contributed by atoms with Crippen molar-refractivity contribution in [2.75, 3.05) is 6.54 Å². The first kappa shape index (κ1) is 18.1. The van der Waals surface area contributed by atoms with Crippen molar-refractivity contribution in [1.29, 1.82) is 0 Å². The number of amides is 1. The largest absolute Gasteiger partial charge is 0.355 e. The summed E-state index contributed by atoms with van der Waals surface area (Å²) in [4.78, 5) is 12.1. The number of hydrogen-bond donors (Lipinski definition) is 2. The minimum atomic E-state index is -3.94. The van der Waals surface area contributed by atoms with Crippen molar-refractivity contribution in [2.45, 2.75) is 24.3 Å². The third-order valence-corrected chi connectivity index (χ3v) is 4.86. The molecule has 2 aromatic carbocycles. The molecule has 0 saturated carbocycles. The molecule has 0 saturated heterocycles. The summed E-state index contributed by atoms with van der Waals surface area (Å²) in [7, 11) is -3.94. The lowest BCUT2D eigenvalue weighted by Gasteiger charge is -2.18. The lowest BCUT2D eigenvalue weighted by molar-refractivity contribution is -0.122. The average Bonchev–Trinajstić information content (AvgIpc) is 2.55. The molecule has 128 valence electrons. The molecule has 0 aliphatic carbocycles. The van der Waals surface area contributed by atoms with E-state index in [1.165, 1.54) is 0 Å². The molecule has 2 aromatic rings. The number of halogens is 1. The molecule has 1 atom stereocenters. The van der Waals surface area contributed by atoms with Gasteiger partial charge in [-0.25, -0.2) is 12.8 Å².